The summed E-state index contributed by atoms with van der Waals surface area (Å²) in [5.41, 5.74) is 2.80. The van der Waals surface area contributed by atoms with Gasteiger partial charge in [-0.05, 0) is 82.0 Å². The fourth-order valence-corrected chi connectivity index (χ4v) is 3.90. The molecule has 3 aromatic carbocycles. The van der Waals surface area contributed by atoms with Gasteiger partial charge in [0.15, 0.2) is 11.5 Å². The van der Waals surface area contributed by atoms with Crippen LogP contribution in [0.15, 0.2) is 64.6 Å². The van der Waals surface area contributed by atoms with Crippen molar-refractivity contribution in [2.24, 2.45) is 0 Å². The Bertz CT molecular complexity index is 1270. The standard InChI is InChI=1S/C25H19BrCl2N2O3/c1-15-6-7-20(12-22(15)28)30-25(31)18(13-29)8-17-10-21(26)24(23(11-17)32-2)33-14-16-4-3-5-19(27)9-16/h3-12H,14H2,1-2H3,(H,30,31)/b18-8+. The molecule has 0 radical (unpaired) electrons. The summed E-state index contributed by atoms with van der Waals surface area (Å²) in [6, 6.07) is 17.9. The van der Waals surface area contributed by atoms with Crippen LogP contribution in [-0.4, -0.2) is 13.0 Å². The molecule has 0 unspecified atom stereocenters. The summed E-state index contributed by atoms with van der Waals surface area (Å²) >= 11 is 15.6. The Morgan fingerprint density at radius 3 is 2.64 bits per heavy atom. The number of nitrogens with zero attached hydrogens (tertiary/aromatic N) is 1. The largest absolute Gasteiger partial charge is 0.493 e. The van der Waals surface area contributed by atoms with Crippen LogP contribution in [0.5, 0.6) is 11.5 Å². The van der Waals surface area contributed by atoms with Crippen molar-refractivity contribution in [2.75, 3.05) is 12.4 Å². The van der Waals surface area contributed by atoms with Crippen LogP contribution in [0, 0.1) is 18.3 Å². The molecule has 8 heteroatoms. The molecule has 5 nitrogen and oxygen atoms in total. The molecule has 168 valence electrons. The maximum absolute atomic E-state index is 12.6. The summed E-state index contributed by atoms with van der Waals surface area (Å²) in [6.07, 6.45) is 1.47. The first-order chi connectivity index (χ1) is 15.8. The molecule has 0 bridgehead atoms. The smallest absolute Gasteiger partial charge is 0.266 e. The van der Waals surface area contributed by atoms with Gasteiger partial charge in [-0.3, -0.25) is 4.79 Å². The lowest BCUT2D eigenvalue weighted by atomic mass is 10.1. The van der Waals surface area contributed by atoms with Gasteiger partial charge < -0.3 is 14.8 Å². The van der Waals surface area contributed by atoms with Crippen molar-refractivity contribution in [1.29, 1.82) is 5.26 Å². The molecule has 0 aromatic heterocycles. The summed E-state index contributed by atoms with van der Waals surface area (Å²) in [7, 11) is 1.51. The molecule has 0 spiro atoms. The molecule has 0 heterocycles. The van der Waals surface area contributed by atoms with E-state index < -0.39 is 5.91 Å². The van der Waals surface area contributed by atoms with Crippen molar-refractivity contribution >= 4 is 56.8 Å². The van der Waals surface area contributed by atoms with Gasteiger partial charge in [0.1, 0.15) is 18.2 Å². The molecule has 0 aliphatic rings. The Balaban J connectivity index is 1.82. The number of anilines is 1. The molecule has 0 saturated heterocycles. The zero-order valence-electron chi connectivity index (χ0n) is 17.8. The first kappa shape index (κ1) is 24.7. The van der Waals surface area contributed by atoms with Crippen molar-refractivity contribution in [3.05, 3.63) is 91.4 Å². The van der Waals surface area contributed by atoms with E-state index in [-0.39, 0.29) is 12.2 Å². The lowest BCUT2D eigenvalue weighted by Crippen LogP contribution is -2.13. The second kappa shape index (κ2) is 11.2. The number of nitriles is 1. The first-order valence-corrected chi connectivity index (χ1v) is 11.3. The number of carbonyl (C=O) groups is 1. The van der Waals surface area contributed by atoms with E-state index in [1.807, 2.05) is 31.2 Å². The number of rotatable bonds is 7. The zero-order chi connectivity index (χ0) is 24.0. The normalized spacial score (nSPS) is 11.0. The number of nitrogens with one attached hydrogen (secondary N) is 1. The molecule has 1 N–H and O–H groups in total. The van der Waals surface area contributed by atoms with E-state index in [4.69, 9.17) is 32.7 Å². The van der Waals surface area contributed by atoms with E-state index in [0.717, 1.165) is 11.1 Å². The van der Waals surface area contributed by atoms with Crippen molar-refractivity contribution < 1.29 is 14.3 Å². The lowest BCUT2D eigenvalue weighted by molar-refractivity contribution is -0.112. The molecular weight excluding hydrogens is 527 g/mol. The highest BCUT2D eigenvalue weighted by atomic mass is 79.9. The van der Waals surface area contributed by atoms with Crippen LogP contribution in [-0.2, 0) is 11.4 Å². The average molecular weight is 546 g/mol. The van der Waals surface area contributed by atoms with Crippen molar-refractivity contribution in [1.82, 2.24) is 0 Å². The van der Waals surface area contributed by atoms with Crippen LogP contribution >= 0.6 is 39.1 Å². The number of methoxy groups -OCH3 is 1. The third-order valence-corrected chi connectivity index (χ3v) is 5.86. The minimum absolute atomic E-state index is 0.0757. The molecule has 3 aromatic rings. The number of benzene rings is 3. The van der Waals surface area contributed by atoms with Crippen molar-refractivity contribution in [2.45, 2.75) is 13.5 Å². The SMILES string of the molecule is COc1cc(/C=C(\C#N)C(=O)Nc2ccc(C)c(Cl)c2)cc(Br)c1OCc1cccc(Cl)c1. The molecule has 0 saturated carbocycles. The highest BCUT2D eigenvalue weighted by Crippen LogP contribution is 2.38. The number of hydrogen-bond donors (Lipinski definition) is 1. The summed E-state index contributed by atoms with van der Waals surface area (Å²) in [5.74, 6) is 0.390. The third kappa shape index (κ3) is 6.52. The van der Waals surface area contributed by atoms with Crippen LogP contribution in [0.25, 0.3) is 6.08 Å². The number of amides is 1. The topological polar surface area (TPSA) is 71.3 Å². The molecule has 1 amide bonds. The van der Waals surface area contributed by atoms with Crippen LogP contribution in [0.1, 0.15) is 16.7 Å². The Morgan fingerprint density at radius 1 is 1.18 bits per heavy atom. The monoisotopic (exact) mass is 544 g/mol. The van der Waals surface area contributed by atoms with Crippen molar-refractivity contribution in [3.63, 3.8) is 0 Å². The van der Waals surface area contributed by atoms with Gasteiger partial charge in [-0.15, -0.1) is 0 Å². The number of aryl methyl sites for hydroxylation is 1. The van der Waals surface area contributed by atoms with E-state index >= 15 is 0 Å². The minimum atomic E-state index is -0.547. The van der Waals surface area contributed by atoms with E-state index in [2.05, 4.69) is 21.2 Å². The van der Waals surface area contributed by atoms with E-state index in [0.29, 0.717) is 37.3 Å². The Morgan fingerprint density at radius 2 is 1.97 bits per heavy atom. The lowest BCUT2D eigenvalue weighted by Gasteiger charge is -2.14. The summed E-state index contributed by atoms with van der Waals surface area (Å²) < 4.78 is 12.0. The number of ether oxygens (including phenoxy) is 2. The number of halogens is 3. The number of hydrogen-bond acceptors (Lipinski definition) is 4. The fraction of sp³-hybridized carbons (Fsp3) is 0.120. The van der Waals surface area contributed by atoms with Gasteiger partial charge in [0.05, 0.1) is 11.6 Å². The second-order valence-corrected chi connectivity index (χ2v) is 8.74. The fourth-order valence-electron chi connectivity index (χ4n) is 2.93. The van der Waals surface area contributed by atoms with Crippen molar-refractivity contribution in [3.8, 4) is 17.6 Å². The second-order valence-electron chi connectivity index (χ2n) is 7.04. The van der Waals surface area contributed by atoms with E-state index in [9.17, 15) is 10.1 Å². The third-order valence-electron chi connectivity index (χ3n) is 4.63. The van der Waals surface area contributed by atoms with Crippen LogP contribution < -0.4 is 14.8 Å². The molecular formula is C25H19BrCl2N2O3. The Kier molecular flexibility index (Phi) is 8.40. The van der Waals surface area contributed by atoms with Gasteiger partial charge in [0.2, 0.25) is 0 Å². The predicted molar refractivity (Wildman–Crippen MR) is 135 cm³/mol. The van der Waals surface area contributed by atoms with E-state index in [1.54, 1.807) is 36.4 Å². The minimum Gasteiger partial charge on any atom is -0.493 e. The van der Waals surface area contributed by atoms with Gasteiger partial charge in [0, 0.05) is 15.7 Å². The van der Waals surface area contributed by atoms with Gasteiger partial charge in [0.25, 0.3) is 5.91 Å². The van der Waals surface area contributed by atoms with Gasteiger partial charge in [-0.1, -0.05) is 41.4 Å². The molecule has 0 atom stereocenters. The predicted octanol–water partition coefficient (Wildman–Crippen LogP) is 7.20. The van der Waals surface area contributed by atoms with Gasteiger partial charge >= 0.3 is 0 Å². The maximum Gasteiger partial charge on any atom is 0.266 e. The van der Waals surface area contributed by atoms with Gasteiger partial charge in [-0.25, -0.2) is 0 Å². The first-order valence-electron chi connectivity index (χ1n) is 9.74. The maximum atomic E-state index is 12.6. The Hall–Kier alpha value is -2.98. The molecule has 33 heavy (non-hydrogen) atoms. The zero-order valence-corrected chi connectivity index (χ0v) is 20.9. The highest BCUT2D eigenvalue weighted by Gasteiger charge is 2.15. The van der Waals surface area contributed by atoms with Crippen LogP contribution in [0.3, 0.4) is 0 Å². The summed E-state index contributed by atoms with van der Waals surface area (Å²) in [4.78, 5) is 12.6. The number of carbonyl (C=O) groups excluding carboxylic acids is 1. The highest BCUT2D eigenvalue weighted by molar-refractivity contribution is 9.10. The molecule has 0 aliphatic carbocycles. The summed E-state index contributed by atoms with van der Waals surface area (Å²) in [6.45, 7) is 2.15. The molecule has 0 aliphatic heterocycles. The molecule has 0 fully saturated rings. The van der Waals surface area contributed by atoms with Crippen LogP contribution in [0.2, 0.25) is 10.0 Å². The van der Waals surface area contributed by atoms with Gasteiger partial charge in [-0.2, -0.15) is 5.26 Å². The molecule has 3 rings (SSSR count). The quantitative estimate of drug-likeness (QED) is 0.252. The Labute approximate surface area is 210 Å². The van der Waals surface area contributed by atoms with E-state index in [1.165, 1.54) is 13.2 Å². The average Bonchev–Trinajstić information content (AvgIpc) is 2.78. The van der Waals surface area contributed by atoms with Crippen LogP contribution in [0.4, 0.5) is 5.69 Å². The summed E-state index contributed by atoms with van der Waals surface area (Å²) in [5, 5.41) is 13.4.